The summed E-state index contributed by atoms with van der Waals surface area (Å²) in [5.41, 5.74) is 1.47. The molecule has 0 atom stereocenters. The van der Waals surface area contributed by atoms with E-state index in [0.29, 0.717) is 0 Å². The largest absolute Gasteiger partial charge is 0.843 e. The van der Waals surface area contributed by atoms with Crippen LogP contribution >= 0.6 is 0 Å². The van der Waals surface area contributed by atoms with Gasteiger partial charge in [-0.2, -0.15) is 0 Å². The normalized spacial score (nSPS) is 10.4. The van der Waals surface area contributed by atoms with E-state index < -0.39 is 0 Å². The minimum Gasteiger partial charge on any atom is -0.843 e. The second-order valence-corrected chi connectivity index (χ2v) is 3.06. The molecule has 1 heteroatoms. The maximum absolute atomic E-state index is 11.8. The first-order valence-corrected chi connectivity index (χ1v) is 4.53. The lowest BCUT2D eigenvalue weighted by Gasteiger charge is -2.22. The Labute approximate surface area is 83.6 Å². The molecule has 0 spiro atoms. The Morgan fingerprint density at radius 2 is 1.00 bits per heavy atom. The quantitative estimate of drug-likeness (QED) is 0.696. The Morgan fingerprint density at radius 1 is 0.643 bits per heavy atom. The van der Waals surface area contributed by atoms with Crippen molar-refractivity contribution in [1.82, 2.24) is 0 Å². The predicted octanol–water partition coefficient (Wildman–Crippen LogP) is 1.98. The lowest BCUT2D eigenvalue weighted by molar-refractivity contribution is -0.333. The third kappa shape index (κ3) is 1.83. The van der Waals surface area contributed by atoms with E-state index in [1.807, 2.05) is 60.7 Å². The van der Waals surface area contributed by atoms with Crippen LogP contribution in [0, 0.1) is 6.10 Å². The number of hydrogen-bond acceptors (Lipinski definition) is 1. The lowest BCUT2D eigenvalue weighted by Crippen LogP contribution is -2.17. The van der Waals surface area contributed by atoms with Gasteiger partial charge in [-0.15, -0.1) is 0 Å². The standard InChI is InChI=1S/C13H10O/c14-13(11-7-3-1-4-8-11)12-9-5-2-6-10-12/h1-10H/q-1. The van der Waals surface area contributed by atoms with Crippen molar-refractivity contribution in [3.8, 4) is 0 Å². The Balaban J connectivity index is 2.30. The molecule has 0 saturated carbocycles. The first-order valence-electron chi connectivity index (χ1n) is 4.53. The third-order valence-electron chi connectivity index (χ3n) is 2.07. The van der Waals surface area contributed by atoms with Crippen molar-refractivity contribution in [1.29, 1.82) is 0 Å². The molecule has 0 heterocycles. The van der Waals surface area contributed by atoms with Crippen molar-refractivity contribution in [2.24, 2.45) is 0 Å². The van der Waals surface area contributed by atoms with E-state index in [9.17, 15) is 5.11 Å². The molecule has 0 N–H and O–H groups in total. The maximum Gasteiger partial charge on any atom is -0.0542 e. The van der Waals surface area contributed by atoms with Crippen LogP contribution in [0.5, 0.6) is 0 Å². The van der Waals surface area contributed by atoms with Crippen LogP contribution in [0.15, 0.2) is 60.7 Å². The molecule has 0 aliphatic rings. The van der Waals surface area contributed by atoms with E-state index in [0.717, 1.165) is 11.1 Å². The summed E-state index contributed by atoms with van der Waals surface area (Å²) >= 11 is 0. The van der Waals surface area contributed by atoms with Crippen LogP contribution in [0.3, 0.4) is 0 Å². The molecule has 69 valence electrons. The summed E-state index contributed by atoms with van der Waals surface area (Å²) in [6.45, 7) is 0. The zero-order chi connectivity index (χ0) is 9.80. The smallest absolute Gasteiger partial charge is 0.0542 e. The fraction of sp³-hybridized carbons (Fsp3) is 0. The van der Waals surface area contributed by atoms with E-state index in [2.05, 4.69) is 0 Å². The van der Waals surface area contributed by atoms with Gasteiger partial charge < -0.3 is 5.11 Å². The Kier molecular flexibility index (Phi) is 2.61. The zero-order valence-electron chi connectivity index (χ0n) is 7.68. The third-order valence-corrected chi connectivity index (χ3v) is 2.07. The summed E-state index contributed by atoms with van der Waals surface area (Å²) in [6.07, 6.45) is 0.0752. The molecule has 0 aliphatic carbocycles. The number of benzene rings is 2. The van der Waals surface area contributed by atoms with Gasteiger partial charge in [0.05, 0.1) is 0 Å². The summed E-state index contributed by atoms with van der Waals surface area (Å²) in [5, 5.41) is 11.8. The summed E-state index contributed by atoms with van der Waals surface area (Å²) in [4.78, 5) is 0. The topological polar surface area (TPSA) is 23.1 Å². The molecule has 14 heavy (non-hydrogen) atoms. The van der Waals surface area contributed by atoms with E-state index in [-0.39, 0.29) is 6.10 Å². The fourth-order valence-electron chi connectivity index (χ4n) is 1.35. The highest BCUT2D eigenvalue weighted by Gasteiger charge is 1.99. The monoisotopic (exact) mass is 182 g/mol. The van der Waals surface area contributed by atoms with Gasteiger partial charge in [0.2, 0.25) is 0 Å². The molecule has 0 unspecified atom stereocenters. The highest BCUT2D eigenvalue weighted by Crippen LogP contribution is 2.16. The minimum atomic E-state index is 0.0752. The van der Waals surface area contributed by atoms with Gasteiger partial charge in [-0.05, 0) is 0 Å². The van der Waals surface area contributed by atoms with Gasteiger partial charge in [-0.1, -0.05) is 77.9 Å². The molecular weight excluding hydrogens is 172 g/mol. The first kappa shape index (κ1) is 8.97. The van der Waals surface area contributed by atoms with Gasteiger partial charge in [0.15, 0.2) is 0 Å². The average Bonchev–Trinajstić information content (AvgIpc) is 2.30. The SMILES string of the molecule is [O-][C](c1ccccc1)c1ccccc1. The number of hydrogen-bond donors (Lipinski definition) is 0. The second kappa shape index (κ2) is 4.07. The van der Waals surface area contributed by atoms with E-state index >= 15 is 0 Å². The van der Waals surface area contributed by atoms with E-state index in [1.54, 1.807) is 0 Å². The predicted molar refractivity (Wildman–Crippen MR) is 54.3 cm³/mol. The summed E-state index contributed by atoms with van der Waals surface area (Å²) in [6, 6.07) is 18.6. The van der Waals surface area contributed by atoms with E-state index in [4.69, 9.17) is 0 Å². The van der Waals surface area contributed by atoms with Gasteiger partial charge >= 0.3 is 0 Å². The zero-order valence-corrected chi connectivity index (χ0v) is 7.68. The molecule has 2 aromatic carbocycles. The average molecular weight is 182 g/mol. The first-order chi connectivity index (χ1) is 6.88. The Hall–Kier alpha value is -1.60. The molecule has 1 radical (unpaired) electrons. The van der Waals surface area contributed by atoms with Crippen molar-refractivity contribution in [2.45, 2.75) is 0 Å². The molecule has 0 bridgehead atoms. The number of rotatable bonds is 2. The summed E-state index contributed by atoms with van der Waals surface area (Å²) in [5.74, 6) is 0. The van der Waals surface area contributed by atoms with Crippen LogP contribution in [-0.4, -0.2) is 0 Å². The fourth-order valence-corrected chi connectivity index (χ4v) is 1.35. The molecule has 0 amide bonds. The highest BCUT2D eigenvalue weighted by molar-refractivity contribution is 5.39. The minimum absolute atomic E-state index is 0.0752. The molecule has 0 fully saturated rings. The van der Waals surface area contributed by atoms with Crippen molar-refractivity contribution >= 4 is 0 Å². The summed E-state index contributed by atoms with van der Waals surface area (Å²) < 4.78 is 0. The van der Waals surface area contributed by atoms with Crippen LogP contribution in [0.1, 0.15) is 11.1 Å². The second-order valence-electron chi connectivity index (χ2n) is 3.06. The molecule has 0 saturated heterocycles. The van der Waals surface area contributed by atoms with Gasteiger partial charge in [-0.3, -0.25) is 0 Å². The van der Waals surface area contributed by atoms with Crippen molar-refractivity contribution < 1.29 is 5.11 Å². The molecular formula is C13H10O-. The van der Waals surface area contributed by atoms with Crippen LogP contribution in [0.4, 0.5) is 0 Å². The lowest BCUT2D eigenvalue weighted by atomic mass is 10.0. The van der Waals surface area contributed by atoms with Gasteiger partial charge in [0.25, 0.3) is 0 Å². The van der Waals surface area contributed by atoms with Crippen LogP contribution in [-0.2, 0) is 0 Å². The molecule has 0 aromatic heterocycles. The Bertz CT molecular complexity index is 341. The Morgan fingerprint density at radius 3 is 1.36 bits per heavy atom. The van der Waals surface area contributed by atoms with Gasteiger partial charge in [-0.25, -0.2) is 0 Å². The van der Waals surface area contributed by atoms with Crippen molar-refractivity contribution in [3.63, 3.8) is 0 Å². The van der Waals surface area contributed by atoms with Crippen molar-refractivity contribution in [3.05, 3.63) is 77.9 Å². The van der Waals surface area contributed by atoms with Gasteiger partial charge in [0, 0.05) is 0 Å². The van der Waals surface area contributed by atoms with Crippen LogP contribution in [0.25, 0.3) is 0 Å². The summed E-state index contributed by atoms with van der Waals surface area (Å²) in [7, 11) is 0. The molecule has 0 aliphatic heterocycles. The van der Waals surface area contributed by atoms with Crippen LogP contribution < -0.4 is 5.11 Å². The van der Waals surface area contributed by atoms with E-state index in [1.165, 1.54) is 0 Å². The van der Waals surface area contributed by atoms with Crippen LogP contribution in [0.2, 0.25) is 0 Å². The highest BCUT2D eigenvalue weighted by atomic mass is 16.3. The maximum atomic E-state index is 11.8. The molecule has 2 rings (SSSR count). The molecule has 2 aromatic rings. The molecule has 1 nitrogen and oxygen atoms in total. The van der Waals surface area contributed by atoms with Gasteiger partial charge in [0.1, 0.15) is 0 Å². The van der Waals surface area contributed by atoms with Crippen molar-refractivity contribution in [2.75, 3.05) is 0 Å².